The van der Waals surface area contributed by atoms with Crippen molar-refractivity contribution < 1.29 is 14.3 Å². The molecule has 4 heteroatoms. The van der Waals surface area contributed by atoms with Crippen LogP contribution in [-0.2, 0) is 0 Å². The van der Waals surface area contributed by atoms with Crippen LogP contribution in [0.5, 0.6) is 11.5 Å². The van der Waals surface area contributed by atoms with Crippen LogP contribution < -0.4 is 14.8 Å². The van der Waals surface area contributed by atoms with Gasteiger partial charge in [0.05, 0.1) is 14.2 Å². The van der Waals surface area contributed by atoms with Crippen molar-refractivity contribution in [2.24, 2.45) is 0 Å². The van der Waals surface area contributed by atoms with Gasteiger partial charge in [-0.05, 0) is 44.6 Å². The van der Waals surface area contributed by atoms with E-state index in [1.165, 1.54) is 0 Å². The Kier molecular flexibility index (Phi) is 5.65. The molecule has 1 N–H and O–H groups in total. The summed E-state index contributed by atoms with van der Waals surface area (Å²) in [7, 11) is 5.04. The van der Waals surface area contributed by atoms with E-state index in [9.17, 15) is 4.79 Å². The molecule has 0 fully saturated rings. The molecule has 0 unspecified atom stereocenters. The topological polar surface area (TPSA) is 47.6 Å². The molecule has 0 aliphatic rings. The van der Waals surface area contributed by atoms with Crippen LogP contribution in [0.4, 0.5) is 0 Å². The van der Waals surface area contributed by atoms with Gasteiger partial charge >= 0.3 is 0 Å². The predicted molar refractivity (Wildman–Crippen MR) is 71.8 cm³/mol. The fourth-order valence-corrected chi connectivity index (χ4v) is 1.84. The van der Waals surface area contributed by atoms with Gasteiger partial charge in [-0.15, -0.1) is 0 Å². The molecule has 0 atom stereocenters. The zero-order valence-electron chi connectivity index (χ0n) is 11.5. The highest BCUT2D eigenvalue weighted by Crippen LogP contribution is 2.30. The molecule has 0 spiro atoms. The Balaban J connectivity index is 2.91. The molecule has 0 aliphatic heterocycles. The van der Waals surface area contributed by atoms with E-state index in [1.54, 1.807) is 20.3 Å². The lowest BCUT2D eigenvalue weighted by Gasteiger charge is -2.12. The quantitative estimate of drug-likeness (QED) is 0.596. The van der Waals surface area contributed by atoms with Crippen molar-refractivity contribution in [3.05, 3.63) is 23.3 Å². The van der Waals surface area contributed by atoms with Crippen LogP contribution >= 0.6 is 0 Å². The molecular weight excluding hydrogens is 230 g/mol. The maximum absolute atomic E-state index is 12.1. The van der Waals surface area contributed by atoms with E-state index in [2.05, 4.69) is 5.32 Å². The van der Waals surface area contributed by atoms with E-state index < -0.39 is 0 Å². The maximum atomic E-state index is 12.1. The smallest absolute Gasteiger partial charge is 0.163 e. The van der Waals surface area contributed by atoms with E-state index >= 15 is 0 Å². The average Bonchev–Trinajstić information content (AvgIpc) is 2.38. The van der Waals surface area contributed by atoms with Gasteiger partial charge in [-0.1, -0.05) is 0 Å². The standard InChI is InChI=1S/C14H21NO3/c1-10-8-13(17-3)14(18-4)9-11(10)12(16)6-5-7-15-2/h8-9,15H,5-7H2,1-4H3. The third kappa shape index (κ3) is 3.47. The molecule has 0 bridgehead atoms. The number of Topliss-reactive ketones (excluding diaryl/α,β-unsaturated/α-hetero) is 1. The SMILES string of the molecule is CNCCCC(=O)c1cc(OC)c(OC)cc1C. The number of benzene rings is 1. The summed E-state index contributed by atoms with van der Waals surface area (Å²) in [6.45, 7) is 2.76. The number of hydrogen-bond acceptors (Lipinski definition) is 4. The zero-order valence-corrected chi connectivity index (χ0v) is 11.5. The first-order valence-corrected chi connectivity index (χ1v) is 6.04. The first-order valence-electron chi connectivity index (χ1n) is 6.04. The van der Waals surface area contributed by atoms with Gasteiger partial charge in [-0.3, -0.25) is 4.79 Å². The zero-order chi connectivity index (χ0) is 13.5. The second-order valence-corrected chi connectivity index (χ2v) is 4.15. The van der Waals surface area contributed by atoms with E-state index in [1.807, 2.05) is 20.0 Å². The number of hydrogen-bond donors (Lipinski definition) is 1. The highest BCUT2D eigenvalue weighted by molar-refractivity contribution is 5.98. The Morgan fingerprint density at radius 3 is 2.39 bits per heavy atom. The Hall–Kier alpha value is -1.55. The summed E-state index contributed by atoms with van der Waals surface area (Å²) in [6.07, 6.45) is 1.38. The van der Waals surface area contributed by atoms with Gasteiger partial charge < -0.3 is 14.8 Å². The van der Waals surface area contributed by atoms with E-state index in [0.29, 0.717) is 23.5 Å². The number of ether oxygens (including phenoxy) is 2. The largest absolute Gasteiger partial charge is 0.493 e. The monoisotopic (exact) mass is 251 g/mol. The number of carbonyl (C=O) groups excluding carboxylic acids is 1. The molecule has 1 rings (SSSR count). The van der Waals surface area contributed by atoms with Crippen molar-refractivity contribution in [1.82, 2.24) is 5.32 Å². The van der Waals surface area contributed by atoms with Gasteiger partial charge in [0.15, 0.2) is 17.3 Å². The van der Waals surface area contributed by atoms with Crippen molar-refractivity contribution in [1.29, 1.82) is 0 Å². The van der Waals surface area contributed by atoms with Crippen LogP contribution in [0.15, 0.2) is 12.1 Å². The van der Waals surface area contributed by atoms with Crippen molar-refractivity contribution in [2.75, 3.05) is 27.8 Å². The number of ketones is 1. The Labute approximate surface area is 108 Å². The first kappa shape index (κ1) is 14.5. The Morgan fingerprint density at radius 1 is 1.22 bits per heavy atom. The van der Waals surface area contributed by atoms with Gasteiger partial charge in [-0.2, -0.15) is 0 Å². The molecule has 4 nitrogen and oxygen atoms in total. The van der Waals surface area contributed by atoms with E-state index in [-0.39, 0.29) is 5.78 Å². The normalized spacial score (nSPS) is 10.2. The molecule has 1 aromatic rings. The lowest BCUT2D eigenvalue weighted by molar-refractivity contribution is 0.0979. The third-order valence-electron chi connectivity index (χ3n) is 2.86. The third-order valence-corrected chi connectivity index (χ3v) is 2.86. The van der Waals surface area contributed by atoms with Crippen molar-refractivity contribution >= 4 is 5.78 Å². The molecule has 0 heterocycles. The Morgan fingerprint density at radius 2 is 1.83 bits per heavy atom. The number of methoxy groups -OCH3 is 2. The molecule has 0 radical (unpaired) electrons. The van der Waals surface area contributed by atoms with Crippen LogP contribution in [0.25, 0.3) is 0 Å². The fraction of sp³-hybridized carbons (Fsp3) is 0.500. The summed E-state index contributed by atoms with van der Waals surface area (Å²) in [6, 6.07) is 3.60. The Bertz CT molecular complexity index is 416. The minimum absolute atomic E-state index is 0.142. The van der Waals surface area contributed by atoms with Crippen LogP contribution in [0.1, 0.15) is 28.8 Å². The summed E-state index contributed by atoms with van der Waals surface area (Å²) >= 11 is 0. The minimum Gasteiger partial charge on any atom is -0.493 e. The summed E-state index contributed by atoms with van der Waals surface area (Å²) < 4.78 is 10.4. The van der Waals surface area contributed by atoms with Gasteiger partial charge in [0.1, 0.15) is 0 Å². The summed E-state index contributed by atoms with van der Waals surface area (Å²) in [5, 5.41) is 3.03. The number of carbonyl (C=O) groups is 1. The second kappa shape index (κ2) is 7.01. The van der Waals surface area contributed by atoms with Gasteiger partial charge in [0.25, 0.3) is 0 Å². The molecular formula is C14H21NO3. The molecule has 100 valence electrons. The van der Waals surface area contributed by atoms with Crippen molar-refractivity contribution in [3.8, 4) is 11.5 Å². The number of nitrogens with one attached hydrogen (secondary N) is 1. The van der Waals surface area contributed by atoms with Gasteiger partial charge in [0, 0.05) is 12.0 Å². The maximum Gasteiger partial charge on any atom is 0.163 e. The number of aryl methyl sites for hydroxylation is 1. The van der Waals surface area contributed by atoms with Crippen LogP contribution in [0.3, 0.4) is 0 Å². The van der Waals surface area contributed by atoms with Gasteiger partial charge in [-0.25, -0.2) is 0 Å². The first-order chi connectivity index (χ1) is 8.63. The molecule has 18 heavy (non-hydrogen) atoms. The molecule has 0 aliphatic carbocycles. The van der Waals surface area contributed by atoms with Crippen LogP contribution in [0, 0.1) is 6.92 Å². The highest BCUT2D eigenvalue weighted by Gasteiger charge is 2.14. The second-order valence-electron chi connectivity index (χ2n) is 4.15. The van der Waals surface area contributed by atoms with Gasteiger partial charge in [0.2, 0.25) is 0 Å². The molecule has 1 aromatic carbocycles. The average molecular weight is 251 g/mol. The number of rotatable bonds is 7. The van der Waals surface area contributed by atoms with E-state index in [4.69, 9.17) is 9.47 Å². The van der Waals surface area contributed by atoms with Crippen LogP contribution in [-0.4, -0.2) is 33.6 Å². The summed E-state index contributed by atoms with van der Waals surface area (Å²) in [5.41, 5.74) is 1.63. The summed E-state index contributed by atoms with van der Waals surface area (Å²) in [5.74, 6) is 1.39. The molecule has 0 amide bonds. The highest BCUT2D eigenvalue weighted by atomic mass is 16.5. The summed E-state index contributed by atoms with van der Waals surface area (Å²) in [4.78, 5) is 12.1. The van der Waals surface area contributed by atoms with Crippen LogP contribution in [0.2, 0.25) is 0 Å². The van der Waals surface area contributed by atoms with Crippen molar-refractivity contribution in [3.63, 3.8) is 0 Å². The lowest BCUT2D eigenvalue weighted by Crippen LogP contribution is -2.11. The molecule has 0 saturated heterocycles. The minimum atomic E-state index is 0.142. The van der Waals surface area contributed by atoms with E-state index in [0.717, 1.165) is 18.5 Å². The van der Waals surface area contributed by atoms with Crippen molar-refractivity contribution in [2.45, 2.75) is 19.8 Å². The predicted octanol–water partition coefficient (Wildman–Crippen LogP) is 2.19. The fourth-order valence-electron chi connectivity index (χ4n) is 1.84. The molecule has 0 saturated carbocycles. The molecule has 0 aromatic heterocycles. The lowest BCUT2D eigenvalue weighted by atomic mass is 10.0.